The molecule has 0 aromatic heterocycles. The van der Waals surface area contributed by atoms with Gasteiger partial charge in [-0.3, -0.25) is 0 Å². The van der Waals surface area contributed by atoms with Crippen LogP contribution in [0.15, 0.2) is 42.5 Å². The van der Waals surface area contributed by atoms with Crippen LogP contribution in [0.2, 0.25) is 0 Å². The number of aliphatic hydroxyl groups is 1. The van der Waals surface area contributed by atoms with Gasteiger partial charge in [-0.1, -0.05) is 30.3 Å². The monoisotopic (exact) mass is 329 g/mol. The predicted octanol–water partition coefficient (Wildman–Crippen LogP) is 3.61. The van der Waals surface area contributed by atoms with Crippen molar-refractivity contribution in [2.45, 2.75) is 39.5 Å². The lowest BCUT2D eigenvalue weighted by atomic mass is 10.0. The second-order valence-corrected chi connectivity index (χ2v) is 6.16. The number of aryl methyl sites for hydroxylation is 1. The first kappa shape index (κ1) is 18.3. The summed E-state index contributed by atoms with van der Waals surface area (Å²) in [5.41, 5.74) is 3.15. The average Bonchev–Trinajstić information content (AvgIpc) is 2.56. The van der Waals surface area contributed by atoms with Gasteiger partial charge in [-0.05, 0) is 49.6 Å². The molecule has 2 rings (SSSR count). The zero-order valence-electron chi connectivity index (χ0n) is 14.9. The second kappa shape index (κ2) is 8.71. The molecule has 130 valence electrons. The van der Waals surface area contributed by atoms with Gasteiger partial charge in [0.2, 0.25) is 0 Å². The van der Waals surface area contributed by atoms with Crippen molar-refractivity contribution in [2.24, 2.45) is 0 Å². The van der Waals surface area contributed by atoms with E-state index in [1.54, 1.807) is 7.11 Å². The highest BCUT2D eigenvalue weighted by molar-refractivity contribution is 5.43. The van der Waals surface area contributed by atoms with Crippen LogP contribution in [0.3, 0.4) is 0 Å². The summed E-state index contributed by atoms with van der Waals surface area (Å²) in [5, 5.41) is 13.6. The molecule has 1 unspecified atom stereocenters. The third-order valence-electron chi connectivity index (χ3n) is 3.80. The summed E-state index contributed by atoms with van der Waals surface area (Å²) in [6, 6.07) is 13.8. The van der Waals surface area contributed by atoms with E-state index in [4.69, 9.17) is 9.47 Å². The zero-order chi connectivity index (χ0) is 17.5. The van der Waals surface area contributed by atoms with E-state index in [0.717, 1.165) is 28.2 Å². The maximum Gasteiger partial charge on any atom is 0.161 e. The number of ether oxygens (including phenoxy) is 2. The molecule has 0 spiro atoms. The lowest BCUT2D eigenvalue weighted by Gasteiger charge is -2.16. The Morgan fingerprint density at radius 2 is 1.83 bits per heavy atom. The Balaban J connectivity index is 1.93. The molecular formula is C20H27NO3. The van der Waals surface area contributed by atoms with Crippen LogP contribution >= 0.6 is 0 Å². The topological polar surface area (TPSA) is 50.7 Å². The number of aliphatic hydroxyl groups excluding tert-OH is 1. The molecule has 0 radical (unpaired) electrons. The van der Waals surface area contributed by atoms with Crippen molar-refractivity contribution in [3.8, 4) is 11.5 Å². The van der Waals surface area contributed by atoms with E-state index in [9.17, 15) is 5.11 Å². The molecule has 0 fully saturated rings. The largest absolute Gasteiger partial charge is 0.493 e. The minimum absolute atomic E-state index is 0.104. The Labute approximate surface area is 144 Å². The first-order valence-electron chi connectivity index (χ1n) is 8.29. The molecule has 0 saturated carbocycles. The second-order valence-electron chi connectivity index (χ2n) is 6.16. The lowest BCUT2D eigenvalue weighted by Crippen LogP contribution is -2.21. The van der Waals surface area contributed by atoms with Gasteiger partial charge in [-0.25, -0.2) is 0 Å². The molecule has 0 aliphatic carbocycles. The summed E-state index contributed by atoms with van der Waals surface area (Å²) >= 11 is 0. The van der Waals surface area contributed by atoms with Crippen molar-refractivity contribution in [2.75, 3.05) is 13.7 Å². The molecular weight excluding hydrogens is 302 g/mol. The van der Waals surface area contributed by atoms with Gasteiger partial charge in [-0.15, -0.1) is 0 Å². The number of hydrogen-bond donors (Lipinski definition) is 2. The highest BCUT2D eigenvalue weighted by Gasteiger charge is 2.10. The van der Waals surface area contributed by atoms with Crippen molar-refractivity contribution >= 4 is 0 Å². The van der Waals surface area contributed by atoms with Crippen molar-refractivity contribution in [3.05, 3.63) is 59.2 Å². The lowest BCUT2D eigenvalue weighted by molar-refractivity contribution is 0.173. The highest BCUT2D eigenvalue weighted by Crippen LogP contribution is 2.29. The maximum atomic E-state index is 10.3. The normalized spacial score (nSPS) is 12.2. The molecule has 1 atom stereocenters. The predicted molar refractivity (Wildman–Crippen MR) is 96.6 cm³/mol. The fourth-order valence-corrected chi connectivity index (χ4v) is 2.60. The van der Waals surface area contributed by atoms with Gasteiger partial charge >= 0.3 is 0 Å². The van der Waals surface area contributed by atoms with Crippen LogP contribution in [-0.4, -0.2) is 24.9 Å². The Kier molecular flexibility index (Phi) is 6.64. The molecule has 0 bridgehead atoms. The van der Waals surface area contributed by atoms with E-state index < -0.39 is 6.10 Å². The number of benzene rings is 2. The van der Waals surface area contributed by atoms with Crippen LogP contribution in [0.25, 0.3) is 0 Å². The summed E-state index contributed by atoms with van der Waals surface area (Å²) < 4.78 is 11.1. The number of rotatable bonds is 8. The molecule has 0 saturated heterocycles. The van der Waals surface area contributed by atoms with Gasteiger partial charge in [0.25, 0.3) is 0 Å². The Morgan fingerprint density at radius 1 is 1.08 bits per heavy atom. The summed E-state index contributed by atoms with van der Waals surface area (Å²) in [6.07, 6.45) is -0.413. The highest BCUT2D eigenvalue weighted by atomic mass is 16.5. The smallest absolute Gasteiger partial charge is 0.161 e. The van der Waals surface area contributed by atoms with Crippen LogP contribution in [0.1, 0.15) is 36.6 Å². The summed E-state index contributed by atoms with van der Waals surface area (Å²) in [4.78, 5) is 0. The number of hydrogen-bond acceptors (Lipinski definition) is 4. The standard InChI is InChI=1S/C20H27NO3/c1-14(2)24-19-10-9-16(11-20(19)23-4)12-21-13-18(22)17-8-6-5-7-15(17)3/h5-11,14,18,21-22H,12-13H2,1-4H3. The molecule has 2 aromatic rings. The van der Waals surface area contributed by atoms with Gasteiger partial charge in [0.05, 0.1) is 19.3 Å². The summed E-state index contributed by atoms with van der Waals surface area (Å²) in [6.45, 7) is 7.14. The fraction of sp³-hybridized carbons (Fsp3) is 0.400. The Hall–Kier alpha value is -2.04. The van der Waals surface area contributed by atoms with E-state index in [-0.39, 0.29) is 6.10 Å². The quantitative estimate of drug-likeness (QED) is 0.777. The van der Waals surface area contributed by atoms with E-state index >= 15 is 0 Å². The molecule has 2 aromatic carbocycles. The van der Waals surface area contributed by atoms with Crippen LogP contribution in [0, 0.1) is 6.92 Å². The third-order valence-corrected chi connectivity index (χ3v) is 3.80. The molecule has 0 heterocycles. The van der Waals surface area contributed by atoms with Gasteiger partial charge in [0.15, 0.2) is 11.5 Å². The molecule has 4 heteroatoms. The van der Waals surface area contributed by atoms with Crippen molar-refractivity contribution in [3.63, 3.8) is 0 Å². The van der Waals surface area contributed by atoms with E-state index in [0.29, 0.717) is 13.1 Å². The molecule has 0 aliphatic rings. The van der Waals surface area contributed by atoms with Gasteiger partial charge in [-0.2, -0.15) is 0 Å². The van der Waals surface area contributed by atoms with E-state index in [1.165, 1.54) is 0 Å². The maximum absolute atomic E-state index is 10.3. The van der Waals surface area contributed by atoms with Crippen molar-refractivity contribution < 1.29 is 14.6 Å². The third kappa shape index (κ3) is 4.98. The molecule has 0 amide bonds. The molecule has 4 nitrogen and oxygen atoms in total. The molecule has 2 N–H and O–H groups in total. The van der Waals surface area contributed by atoms with Gasteiger partial charge in [0, 0.05) is 13.1 Å². The minimum Gasteiger partial charge on any atom is -0.493 e. The first-order chi connectivity index (χ1) is 11.5. The van der Waals surface area contributed by atoms with Crippen molar-refractivity contribution in [1.29, 1.82) is 0 Å². The summed E-state index contributed by atoms with van der Waals surface area (Å²) in [7, 11) is 1.64. The van der Waals surface area contributed by atoms with Crippen LogP contribution < -0.4 is 14.8 Å². The van der Waals surface area contributed by atoms with E-state index in [2.05, 4.69) is 5.32 Å². The minimum atomic E-state index is -0.517. The Bertz CT molecular complexity index is 655. The summed E-state index contributed by atoms with van der Waals surface area (Å²) in [5.74, 6) is 1.47. The van der Waals surface area contributed by atoms with Crippen LogP contribution in [0.5, 0.6) is 11.5 Å². The SMILES string of the molecule is COc1cc(CNCC(O)c2ccccc2C)ccc1OC(C)C. The number of methoxy groups -OCH3 is 1. The van der Waals surface area contributed by atoms with Crippen LogP contribution in [0.4, 0.5) is 0 Å². The number of nitrogens with one attached hydrogen (secondary N) is 1. The van der Waals surface area contributed by atoms with Crippen LogP contribution in [-0.2, 0) is 6.54 Å². The van der Waals surface area contributed by atoms with Gasteiger partial charge < -0.3 is 19.9 Å². The zero-order valence-corrected chi connectivity index (χ0v) is 14.9. The molecule has 0 aliphatic heterocycles. The van der Waals surface area contributed by atoms with Crippen molar-refractivity contribution in [1.82, 2.24) is 5.32 Å². The molecule has 24 heavy (non-hydrogen) atoms. The fourth-order valence-electron chi connectivity index (χ4n) is 2.60. The first-order valence-corrected chi connectivity index (χ1v) is 8.29. The van der Waals surface area contributed by atoms with E-state index in [1.807, 2.05) is 63.2 Å². The average molecular weight is 329 g/mol. The Morgan fingerprint density at radius 3 is 2.50 bits per heavy atom. The van der Waals surface area contributed by atoms with Gasteiger partial charge in [0.1, 0.15) is 0 Å².